The van der Waals surface area contributed by atoms with E-state index in [9.17, 15) is 14.7 Å². The summed E-state index contributed by atoms with van der Waals surface area (Å²) in [5.74, 6) is 1.83. The topological polar surface area (TPSA) is 69.6 Å². The number of aromatic carboxylic acids is 1. The summed E-state index contributed by atoms with van der Waals surface area (Å²) in [4.78, 5) is 25.6. The second kappa shape index (κ2) is 12.5. The van der Waals surface area contributed by atoms with Gasteiger partial charge in [0.25, 0.3) is 0 Å². The first-order chi connectivity index (χ1) is 22.2. The zero-order valence-corrected chi connectivity index (χ0v) is 30.3. The van der Waals surface area contributed by atoms with Gasteiger partial charge in [0.2, 0.25) is 5.91 Å². The van der Waals surface area contributed by atoms with Gasteiger partial charge in [-0.3, -0.25) is 4.79 Å². The lowest BCUT2D eigenvalue weighted by Gasteiger charge is -2.68. The van der Waals surface area contributed by atoms with Crippen molar-refractivity contribution in [1.82, 2.24) is 10.2 Å². The summed E-state index contributed by atoms with van der Waals surface area (Å²) in [6.45, 7) is 23.9. The number of carboxylic acids is 1. The number of fused-ring (bicyclic) bond motifs is 2. The maximum atomic E-state index is 12.0. The number of amides is 1. The standard InChI is InChI=1S/C42H62N2O3/c1-8-34-39(5)21-18-33(30-14-16-31(17-15-30)37(46)47)38(3,4)35(39)19-22-41(34,7)40(6)23-24-42(20-9-12-32(42)29(40)2)28-43-25-11-27-44-26-10-13-36(44)45/h8,14-18,29,32,34-35,43H,1,9-13,19-28H2,2-7H3,(H,46,47)/t29-,32-,34-,35+,39-,40-,41-,42-/m1/s1. The van der Waals surface area contributed by atoms with Crippen molar-refractivity contribution in [3.05, 3.63) is 54.1 Å². The second-order valence-corrected chi connectivity index (χ2v) is 17.7. The van der Waals surface area contributed by atoms with Crippen LogP contribution < -0.4 is 5.32 Å². The largest absolute Gasteiger partial charge is 0.478 e. The summed E-state index contributed by atoms with van der Waals surface area (Å²) in [6.07, 6.45) is 17.8. The van der Waals surface area contributed by atoms with Crippen molar-refractivity contribution in [1.29, 1.82) is 0 Å². The second-order valence-electron chi connectivity index (χ2n) is 17.7. The molecule has 0 bridgehead atoms. The maximum Gasteiger partial charge on any atom is 0.335 e. The van der Waals surface area contributed by atoms with Gasteiger partial charge in [-0.2, -0.15) is 0 Å². The SMILES string of the molecule is C=C[C@@H]1[C@@]2(C)CC=C(c3ccc(C(=O)O)cc3)C(C)(C)[C@@H]2CC[C@@]1(C)[C@]1(C)CC[C@@]2(CNCCCN3CCCC3=O)CCC[C@@H]2[C@H]1C. The van der Waals surface area contributed by atoms with E-state index in [2.05, 4.69) is 70.5 Å². The van der Waals surface area contributed by atoms with Crippen LogP contribution in [-0.4, -0.2) is 48.1 Å². The molecule has 0 radical (unpaired) electrons. The molecule has 4 fully saturated rings. The highest BCUT2D eigenvalue weighted by Gasteiger charge is 2.66. The predicted octanol–water partition coefficient (Wildman–Crippen LogP) is 9.25. The quantitative estimate of drug-likeness (QED) is 0.197. The Hall–Kier alpha value is -2.40. The van der Waals surface area contributed by atoms with E-state index < -0.39 is 5.97 Å². The number of nitrogens with one attached hydrogen (secondary N) is 1. The molecule has 8 atom stereocenters. The molecule has 47 heavy (non-hydrogen) atoms. The Labute approximate surface area is 285 Å². The number of carbonyl (C=O) groups is 2. The van der Waals surface area contributed by atoms with E-state index in [0.29, 0.717) is 34.6 Å². The van der Waals surface area contributed by atoms with Crippen LogP contribution >= 0.6 is 0 Å². The van der Waals surface area contributed by atoms with Gasteiger partial charge in [0.05, 0.1) is 5.56 Å². The lowest BCUT2D eigenvalue weighted by Crippen LogP contribution is -2.62. The van der Waals surface area contributed by atoms with Crippen molar-refractivity contribution < 1.29 is 14.7 Å². The molecule has 4 aliphatic carbocycles. The van der Waals surface area contributed by atoms with E-state index in [1.807, 2.05) is 12.1 Å². The summed E-state index contributed by atoms with van der Waals surface area (Å²) in [5.41, 5.74) is 3.81. The molecule has 1 heterocycles. The summed E-state index contributed by atoms with van der Waals surface area (Å²) in [7, 11) is 0. The number of hydrogen-bond donors (Lipinski definition) is 2. The number of nitrogens with zero attached hydrogens (tertiary/aromatic N) is 1. The summed E-state index contributed by atoms with van der Waals surface area (Å²) >= 11 is 0. The number of rotatable bonds is 10. The monoisotopic (exact) mass is 642 g/mol. The average molecular weight is 643 g/mol. The fraction of sp³-hybridized carbons (Fsp3) is 0.714. The van der Waals surface area contributed by atoms with Crippen molar-refractivity contribution >= 4 is 17.4 Å². The molecule has 0 unspecified atom stereocenters. The Bertz CT molecular complexity index is 1400. The molecule has 1 aromatic rings. The van der Waals surface area contributed by atoms with Crippen molar-refractivity contribution in [3.63, 3.8) is 0 Å². The molecule has 1 amide bonds. The first-order valence-corrected chi connectivity index (χ1v) is 18.9. The molecule has 1 saturated heterocycles. The Morgan fingerprint density at radius 2 is 1.77 bits per heavy atom. The summed E-state index contributed by atoms with van der Waals surface area (Å²) < 4.78 is 0. The Morgan fingerprint density at radius 3 is 2.43 bits per heavy atom. The zero-order valence-electron chi connectivity index (χ0n) is 30.3. The third-order valence-electron chi connectivity index (χ3n) is 15.6. The number of allylic oxidation sites excluding steroid dienone is 3. The van der Waals surface area contributed by atoms with Gasteiger partial charge in [0, 0.05) is 26.1 Å². The third kappa shape index (κ3) is 5.46. The highest BCUT2D eigenvalue weighted by molar-refractivity contribution is 5.88. The lowest BCUT2D eigenvalue weighted by molar-refractivity contribution is -0.174. The molecule has 1 aromatic carbocycles. The van der Waals surface area contributed by atoms with Crippen molar-refractivity contribution in [3.8, 4) is 0 Å². The van der Waals surface area contributed by atoms with E-state index in [0.717, 1.165) is 63.3 Å². The van der Waals surface area contributed by atoms with Crippen molar-refractivity contribution in [2.24, 2.45) is 50.7 Å². The number of benzene rings is 1. The molecule has 1 aliphatic heterocycles. The van der Waals surface area contributed by atoms with Crippen molar-refractivity contribution in [2.75, 3.05) is 26.2 Å². The van der Waals surface area contributed by atoms with Crippen LogP contribution in [0.5, 0.6) is 0 Å². The van der Waals surface area contributed by atoms with Gasteiger partial charge in [0.15, 0.2) is 0 Å². The smallest absolute Gasteiger partial charge is 0.335 e. The average Bonchev–Trinajstić information content (AvgIpc) is 3.65. The fourth-order valence-electron chi connectivity index (χ4n) is 12.8. The minimum atomic E-state index is -0.871. The Kier molecular flexibility index (Phi) is 9.16. The maximum absolute atomic E-state index is 12.0. The van der Waals surface area contributed by atoms with Crippen LogP contribution in [0.1, 0.15) is 128 Å². The number of hydrogen-bond acceptors (Lipinski definition) is 3. The lowest BCUT2D eigenvalue weighted by atomic mass is 9.36. The molecule has 258 valence electrons. The van der Waals surface area contributed by atoms with Crippen LogP contribution in [0, 0.1) is 50.7 Å². The van der Waals surface area contributed by atoms with Crippen molar-refractivity contribution in [2.45, 2.75) is 112 Å². The molecule has 6 rings (SSSR count). The van der Waals surface area contributed by atoms with E-state index in [1.165, 1.54) is 50.5 Å². The fourth-order valence-corrected chi connectivity index (χ4v) is 12.8. The molecule has 3 saturated carbocycles. The molecular formula is C42H62N2O3. The first kappa shape index (κ1) is 34.5. The highest BCUT2D eigenvalue weighted by atomic mass is 16.4. The predicted molar refractivity (Wildman–Crippen MR) is 192 cm³/mol. The van der Waals surface area contributed by atoms with Crippen LogP contribution in [-0.2, 0) is 4.79 Å². The molecule has 5 aliphatic rings. The number of carboxylic acid groups (broad SMARTS) is 1. The van der Waals surface area contributed by atoms with Gasteiger partial charge in [-0.1, -0.05) is 72.2 Å². The van der Waals surface area contributed by atoms with Gasteiger partial charge < -0.3 is 15.3 Å². The van der Waals surface area contributed by atoms with Gasteiger partial charge in [-0.15, -0.1) is 6.58 Å². The van der Waals surface area contributed by atoms with E-state index in [-0.39, 0.29) is 21.7 Å². The molecular weight excluding hydrogens is 580 g/mol. The van der Waals surface area contributed by atoms with E-state index >= 15 is 0 Å². The minimum Gasteiger partial charge on any atom is -0.478 e. The van der Waals surface area contributed by atoms with Gasteiger partial charge >= 0.3 is 5.97 Å². The summed E-state index contributed by atoms with van der Waals surface area (Å²) in [6, 6.07) is 7.54. The van der Waals surface area contributed by atoms with Gasteiger partial charge in [-0.05, 0) is 138 Å². The van der Waals surface area contributed by atoms with E-state index in [1.54, 1.807) is 12.1 Å². The molecule has 2 N–H and O–H groups in total. The number of likely N-dealkylation sites (tertiary alicyclic amines) is 1. The zero-order chi connectivity index (χ0) is 33.8. The van der Waals surface area contributed by atoms with Crippen LogP contribution in [0.25, 0.3) is 5.57 Å². The Balaban J connectivity index is 1.20. The van der Waals surface area contributed by atoms with E-state index in [4.69, 9.17) is 0 Å². The summed E-state index contributed by atoms with van der Waals surface area (Å²) in [5, 5.41) is 13.4. The first-order valence-electron chi connectivity index (χ1n) is 18.9. The molecule has 0 spiro atoms. The Morgan fingerprint density at radius 1 is 1.02 bits per heavy atom. The molecule has 0 aromatic heterocycles. The van der Waals surface area contributed by atoms with Crippen LogP contribution in [0.3, 0.4) is 0 Å². The number of carbonyl (C=O) groups excluding carboxylic acids is 1. The molecule has 5 heteroatoms. The van der Waals surface area contributed by atoms with Gasteiger partial charge in [-0.25, -0.2) is 4.79 Å². The van der Waals surface area contributed by atoms with Crippen LogP contribution in [0.2, 0.25) is 0 Å². The molecule has 5 nitrogen and oxygen atoms in total. The van der Waals surface area contributed by atoms with Crippen LogP contribution in [0.15, 0.2) is 43.0 Å². The normalized spacial score (nSPS) is 39.7. The van der Waals surface area contributed by atoms with Gasteiger partial charge in [0.1, 0.15) is 0 Å². The minimum absolute atomic E-state index is 0.0201. The third-order valence-corrected chi connectivity index (χ3v) is 15.6. The highest BCUT2D eigenvalue weighted by Crippen LogP contribution is 2.73. The van der Waals surface area contributed by atoms with Crippen LogP contribution in [0.4, 0.5) is 0 Å².